The first-order valence-electron chi connectivity index (χ1n) is 6.03. The van der Waals surface area contributed by atoms with E-state index in [1.165, 1.54) is 24.3 Å². The fourth-order valence-electron chi connectivity index (χ4n) is 1.89. The van der Waals surface area contributed by atoms with Crippen LogP contribution in [0, 0.1) is 10.1 Å². The molecule has 21 heavy (non-hydrogen) atoms. The first-order valence-corrected chi connectivity index (χ1v) is 8.91. The monoisotopic (exact) mass is 323 g/mol. The van der Waals surface area contributed by atoms with Crippen molar-refractivity contribution < 1.29 is 13.3 Å². The number of hydrogen-bond donors (Lipinski definition) is 0. The van der Waals surface area contributed by atoms with Crippen molar-refractivity contribution in [3.8, 4) is 0 Å². The molecule has 0 heterocycles. The molecule has 7 heteroatoms. The Morgan fingerprint density at radius 3 is 2.29 bits per heavy atom. The van der Waals surface area contributed by atoms with Crippen LogP contribution in [-0.2, 0) is 15.6 Å². The summed E-state index contributed by atoms with van der Waals surface area (Å²) in [5, 5.41) is 10.9. The summed E-state index contributed by atoms with van der Waals surface area (Å²) in [6, 6.07) is 12.5. The lowest BCUT2D eigenvalue weighted by atomic mass is 10.2. The van der Waals surface area contributed by atoms with Gasteiger partial charge in [0.05, 0.1) is 10.7 Å². The highest BCUT2D eigenvalue weighted by molar-refractivity contribution is 7.98. The molecule has 0 aromatic heterocycles. The zero-order chi connectivity index (χ0) is 15.5. The van der Waals surface area contributed by atoms with Crippen molar-refractivity contribution in [3.63, 3.8) is 0 Å². The summed E-state index contributed by atoms with van der Waals surface area (Å²) in [4.78, 5) is 11.0. The summed E-state index contributed by atoms with van der Waals surface area (Å²) in [7, 11) is -3.76. The van der Waals surface area contributed by atoms with Crippen molar-refractivity contribution in [2.45, 2.75) is 15.5 Å². The summed E-state index contributed by atoms with van der Waals surface area (Å²) < 4.78 is 24.7. The van der Waals surface area contributed by atoms with Gasteiger partial charge in [0, 0.05) is 11.0 Å². The van der Waals surface area contributed by atoms with Crippen LogP contribution in [-0.4, -0.2) is 19.6 Å². The van der Waals surface area contributed by atoms with Crippen LogP contribution in [0.2, 0.25) is 0 Å². The molecule has 0 aliphatic rings. The number of nitro groups is 1. The molecule has 0 aliphatic heterocycles. The number of para-hydroxylation sites is 1. The first-order chi connectivity index (χ1) is 9.94. The van der Waals surface area contributed by atoms with Gasteiger partial charge in [0.1, 0.15) is 4.90 Å². The number of thioether (sulfide) groups is 1. The summed E-state index contributed by atoms with van der Waals surface area (Å²) in [5.74, 6) is -0.257. The molecule has 2 aromatic carbocycles. The van der Waals surface area contributed by atoms with Crippen molar-refractivity contribution in [3.05, 3.63) is 64.2 Å². The number of sulfone groups is 1. The normalized spacial score (nSPS) is 11.3. The quantitative estimate of drug-likeness (QED) is 0.479. The fraction of sp³-hybridized carbons (Fsp3) is 0.143. The molecular weight excluding hydrogens is 310 g/mol. The van der Waals surface area contributed by atoms with Gasteiger partial charge in [-0.1, -0.05) is 24.3 Å². The summed E-state index contributed by atoms with van der Waals surface area (Å²) >= 11 is 1.56. The van der Waals surface area contributed by atoms with Gasteiger partial charge in [0.15, 0.2) is 9.84 Å². The maximum absolute atomic E-state index is 12.4. The number of nitrogens with zero attached hydrogens (tertiary/aromatic N) is 1. The lowest BCUT2D eigenvalue weighted by Gasteiger charge is -2.06. The van der Waals surface area contributed by atoms with Crippen LogP contribution in [0.25, 0.3) is 0 Å². The number of benzene rings is 2. The van der Waals surface area contributed by atoms with E-state index in [2.05, 4.69) is 0 Å². The van der Waals surface area contributed by atoms with E-state index in [1.54, 1.807) is 23.9 Å². The van der Waals surface area contributed by atoms with Crippen LogP contribution in [0.5, 0.6) is 0 Å². The lowest BCUT2D eigenvalue weighted by molar-refractivity contribution is -0.387. The van der Waals surface area contributed by atoms with E-state index in [9.17, 15) is 18.5 Å². The predicted octanol–water partition coefficient (Wildman–Crippen LogP) is 3.29. The second kappa shape index (κ2) is 6.28. The molecule has 2 aromatic rings. The predicted molar refractivity (Wildman–Crippen MR) is 82.2 cm³/mol. The fourth-order valence-corrected chi connectivity index (χ4v) is 3.83. The van der Waals surface area contributed by atoms with Gasteiger partial charge in [-0.25, -0.2) is 8.42 Å². The second-order valence-corrected chi connectivity index (χ2v) is 7.17. The lowest BCUT2D eigenvalue weighted by Crippen LogP contribution is -2.07. The Morgan fingerprint density at radius 2 is 1.71 bits per heavy atom. The van der Waals surface area contributed by atoms with Crippen molar-refractivity contribution in [2.24, 2.45) is 0 Å². The maximum Gasteiger partial charge on any atom is 0.287 e. The molecule has 0 radical (unpaired) electrons. The van der Waals surface area contributed by atoms with Crippen molar-refractivity contribution >= 4 is 27.3 Å². The SMILES string of the molecule is CSc1ccc(CS(=O)(=O)c2ccccc2[N+](=O)[O-])cc1. The van der Waals surface area contributed by atoms with Crippen LogP contribution in [0.4, 0.5) is 5.69 Å². The minimum atomic E-state index is -3.76. The van der Waals surface area contributed by atoms with Crippen LogP contribution in [0.1, 0.15) is 5.56 Å². The molecule has 0 amide bonds. The van der Waals surface area contributed by atoms with Crippen molar-refractivity contribution in [2.75, 3.05) is 6.26 Å². The molecule has 0 saturated heterocycles. The number of nitro benzene ring substituents is 1. The standard InChI is InChI=1S/C14H13NO4S2/c1-20-12-8-6-11(7-9-12)10-21(18,19)14-5-3-2-4-13(14)15(16)17/h2-9H,10H2,1H3. The number of rotatable bonds is 5. The molecule has 0 fully saturated rings. The van der Waals surface area contributed by atoms with E-state index in [1.807, 2.05) is 18.4 Å². The molecule has 2 rings (SSSR count). The van der Waals surface area contributed by atoms with Gasteiger partial charge in [0.25, 0.3) is 5.69 Å². The molecule has 0 unspecified atom stereocenters. The third kappa shape index (κ3) is 3.62. The smallest absolute Gasteiger partial charge is 0.258 e. The van der Waals surface area contributed by atoms with E-state index in [0.29, 0.717) is 5.56 Å². The van der Waals surface area contributed by atoms with Gasteiger partial charge in [0.2, 0.25) is 0 Å². The number of hydrogen-bond acceptors (Lipinski definition) is 5. The minimum absolute atomic E-state index is 0.246. The van der Waals surface area contributed by atoms with Crippen molar-refractivity contribution in [1.82, 2.24) is 0 Å². The third-order valence-corrected chi connectivity index (χ3v) is 5.39. The van der Waals surface area contributed by atoms with Crippen LogP contribution in [0.15, 0.2) is 58.3 Å². The molecule has 0 atom stereocenters. The average molecular weight is 323 g/mol. The zero-order valence-corrected chi connectivity index (χ0v) is 12.9. The molecule has 5 nitrogen and oxygen atoms in total. The molecule has 0 aliphatic carbocycles. The van der Waals surface area contributed by atoms with Crippen LogP contribution < -0.4 is 0 Å². The van der Waals surface area contributed by atoms with Crippen LogP contribution in [0.3, 0.4) is 0 Å². The summed E-state index contributed by atoms with van der Waals surface area (Å²) in [5.41, 5.74) is 0.212. The second-order valence-electron chi connectivity index (χ2n) is 4.33. The van der Waals surface area contributed by atoms with Crippen LogP contribution >= 0.6 is 11.8 Å². The maximum atomic E-state index is 12.4. The molecular formula is C14H13NO4S2. The zero-order valence-electron chi connectivity index (χ0n) is 11.2. The van der Waals surface area contributed by atoms with E-state index in [0.717, 1.165) is 4.90 Å². The largest absolute Gasteiger partial charge is 0.287 e. The Hall–Kier alpha value is -1.86. The highest BCUT2D eigenvalue weighted by atomic mass is 32.2. The molecule has 110 valence electrons. The molecule has 0 bridgehead atoms. The van der Waals surface area contributed by atoms with E-state index >= 15 is 0 Å². The first kappa shape index (κ1) is 15.5. The highest BCUT2D eigenvalue weighted by Crippen LogP contribution is 2.26. The Morgan fingerprint density at radius 1 is 1.10 bits per heavy atom. The van der Waals surface area contributed by atoms with Gasteiger partial charge in [-0.15, -0.1) is 11.8 Å². The topological polar surface area (TPSA) is 77.3 Å². The Kier molecular flexibility index (Phi) is 4.64. The molecule has 0 spiro atoms. The average Bonchev–Trinajstić information content (AvgIpc) is 2.47. The van der Waals surface area contributed by atoms with Gasteiger partial charge >= 0.3 is 0 Å². The van der Waals surface area contributed by atoms with Gasteiger partial charge < -0.3 is 0 Å². The van der Waals surface area contributed by atoms with Gasteiger partial charge in [-0.2, -0.15) is 0 Å². The van der Waals surface area contributed by atoms with Crippen molar-refractivity contribution in [1.29, 1.82) is 0 Å². The Labute approximate surface area is 127 Å². The summed E-state index contributed by atoms with van der Waals surface area (Å²) in [6.45, 7) is 0. The Balaban J connectivity index is 2.36. The minimum Gasteiger partial charge on any atom is -0.258 e. The van der Waals surface area contributed by atoms with E-state index < -0.39 is 20.4 Å². The highest BCUT2D eigenvalue weighted by Gasteiger charge is 2.25. The van der Waals surface area contributed by atoms with E-state index in [4.69, 9.17) is 0 Å². The molecule has 0 N–H and O–H groups in total. The molecule has 0 saturated carbocycles. The van der Waals surface area contributed by atoms with Gasteiger partial charge in [-0.05, 0) is 30.0 Å². The third-order valence-electron chi connectivity index (χ3n) is 2.91. The van der Waals surface area contributed by atoms with Gasteiger partial charge in [-0.3, -0.25) is 10.1 Å². The van der Waals surface area contributed by atoms with E-state index in [-0.39, 0.29) is 10.6 Å². The summed E-state index contributed by atoms with van der Waals surface area (Å²) in [6.07, 6.45) is 1.93. The Bertz CT molecular complexity index is 755.